The maximum absolute atomic E-state index is 12.7. The first-order valence-electron chi connectivity index (χ1n) is 9.15. The number of carbonyl (C=O) groups excluding carboxylic acids is 4. The fourth-order valence-corrected chi connectivity index (χ4v) is 3.08. The summed E-state index contributed by atoms with van der Waals surface area (Å²) in [5.74, 6) is -1.58. The molecule has 2 aliphatic heterocycles. The molecule has 2 aliphatic rings. The highest BCUT2D eigenvalue weighted by Gasteiger charge is 2.37. The summed E-state index contributed by atoms with van der Waals surface area (Å²) in [6, 6.07) is 12.5. The number of amides is 3. The number of esters is 1. The van der Waals surface area contributed by atoms with Gasteiger partial charge in [-0.05, 0) is 31.2 Å². The van der Waals surface area contributed by atoms with Crippen molar-refractivity contribution in [2.24, 2.45) is 0 Å². The van der Waals surface area contributed by atoms with Gasteiger partial charge < -0.3 is 14.8 Å². The lowest BCUT2D eigenvalue weighted by atomic mass is 10.0. The summed E-state index contributed by atoms with van der Waals surface area (Å²) >= 11 is 0. The third-order valence-corrected chi connectivity index (χ3v) is 4.49. The molecule has 8 heteroatoms. The highest BCUT2D eigenvalue weighted by Crippen LogP contribution is 2.28. The molecule has 4 rings (SSSR count). The average Bonchev–Trinajstić information content (AvgIpc) is 2.99. The first-order chi connectivity index (χ1) is 14.5. The van der Waals surface area contributed by atoms with Crippen LogP contribution in [0.15, 0.2) is 66.0 Å². The number of fused-ring (bicyclic) bond motifs is 1. The second kappa shape index (κ2) is 7.67. The summed E-state index contributed by atoms with van der Waals surface area (Å²) in [7, 11) is 0. The largest absolute Gasteiger partial charge is 0.493 e. The van der Waals surface area contributed by atoms with Crippen molar-refractivity contribution >= 4 is 29.8 Å². The van der Waals surface area contributed by atoms with Crippen LogP contribution in [0.25, 0.3) is 6.08 Å². The zero-order chi connectivity index (χ0) is 21.3. The molecule has 0 saturated carbocycles. The molecule has 0 atom stereocenters. The Morgan fingerprint density at radius 2 is 1.77 bits per heavy atom. The zero-order valence-corrected chi connectivity index (χ0v) is 15.9. The lowest BCUT2D eigenvalue weighted by Gasteiger charge is -2.17. The normalized spacial score (nSPS) is 18.5. The number of nitrogens with zero attached hydrogens (tertiary/aromatic N) is 1. The molecule has 0 aliphatic carbocycles. The van der Waals surface area contributed by atoms with Gasteiger partial charge in [0.25, 0.3) is 5.91 Å². The minimum Gasteiger partial charge on any atom is -0.493 e. The lowest BCUT2D eigenvalue weighted by molar-refractivity contribution is -0.130. The van der Waals surface area contributed by atoms with E-state index < -0.39 is 29.3 Å². The number of hydrogen-bond donors (Lipinski definition) is 1. The fourth-order valence-electron chi connectivity index (χ4n) is 3.08. The van der Waals surface area contributed by atoms with Gasteiger partial charge in [0.15, 0.2) is 0 Å². The third kappa shape index (κ3) is 3.35. The van der Waals surface area contributed by atoms with Crippen LogP contribution in [0.1, 0.15) is 22.8 Å². The molecule has 1 fully saturated rings. The molecule has 2 aromatic carbocycles. The highest BCUT2D eigenvalue weighted by atomic mass is 16.5. The van der Waals surface area contributed by atoms with Gasteiger partial charge in [0.05, 0.1) is 12.2 Å². The van der Waals surface area contributed by atoms with Crippen LogP contribution in [0.2, 0.25) is 0 Å². The van der Waals surface area contributed by atoms with Gasteiger partial charge in [-0.1, -0.05) is 30.3 Å². The van der Waals surface area contributed by atoms with Crippen molar-refractivity contribution in [3.05, 3.63) is 77.1 Å². The molecule has 2 aromatic rings. The minimum atomic E-state index is -0.932. The Morgan fingerprint density at radius 1 is 1.03 bits per heavy atom. The minimum absolute atomic E-state index is 0.0129. The topological polar surface area (TPSA) is 102 Å². The average molecular weight is 404 g/mol. The summed E-state index contributed by atoms with van der Waals surface area (Å²) < 4.78 is 10.7. The van der Waals surface area contributed by atoms with Crippen LogP contribution >= 0.6 is 0 Å². The van der Waals surface area contributed by atoms with Crippen molar-refractivity contribution in [3.8, 4) is 11.5 Å². The van der Waals surface area contributed by atoms with E-state index in [-0.39, 0.29) is 17.0 Å². The molecule has 8 nitrogen and oxygen atoms in total. The van der Waals surface area contributed by atoms with Crippen molar-refractivity contribution in [2.75, 3.05) is 6.61 Å². The predicted octanol–water partition coefficient (Wildman–Crippen LogP) is 2.66. The lowest BCUT2D eigenvalue weighted by Crippen LogP contribution is -2.31. The van der Waals surface area contributed by atoms with E-state index in [2.05, 4.69) is 5.32 Å². The van der Waals surface area contributed by atoms with Crippen LogP contribution in [0.5, 0.6) is 11.5 Å². The van der Waals surface area contributed by atoms with E-state index in [4.69, 9.17) is 9.47 Å². The van der Waals surface area contributed by atoms with E-state index >= 15 is 0 Å². The molecule has 1 N–H and O–H groups in total. The van der Waals surface area contributed by atoms with E-state index in [1.807, 2.05) is 6.92 Å². The van der Waals surface area contributed by atoms with Crippen LogP contribution in [0.3, 0.4) is 0 Å². The number of rotatable bonds is 4. The molecular formula is C22H16N2O6. The number of benzene rings is 2. The van der Waals surface area contributed by atoms with Gasteiger partial charge in [0, 0.05) is 11.8 Å². The van der Waals surface area contributed by atoms with E-state index in [9.17, 15) is 19.2 Å². The number of urea groups is 1. The van der Waals surface area contributed by atoms with Crippen LogP contribution in [0, 0.1) is 0 Å². The molecule has 150 valence electrons. The number of ether oxygens (including phenoxy) is 2. The predicted molar refractivity (Wildman–Crippen MR) is 105 cm³/mol. The first-order valence-corrected chi connectivity index (χ1v) is 9.15. The number of para-hydroxylation sites is 2. The number of nitrogens with one attached hydrogen (secondary N) is 1. The van der Waals surface area contributed by atoms with E-state index in [0.29, 0.717) is 22.8 Å². The Balaban J connectivity index is 1.66. The van der Waals surface area contributed by atoms with Crippen molar-refractivity contribution in [1.82, 2.24) is 10.2 Å². The van der Waals surface area contributed by atoms with Gasteiger partial charge in [-0.3, -0.25) is 9.59 Å². The Bertz CT molecular complexity index is 1150. The van der Waals surface area contributed by atoms with E-state index in [1.54, 1.807) is 36.4 Å². The highest BCUT2D eigenvalue weighted by molar-refractivity contribution is 6.28. The Morgan fingerprint density at radius 3 is 2.57 bits per heavy atom. The standard InChI is InChI=1S/C22H16N2O6/c1-2-29-17-9-5-3-7-13(17)11-16-20(26)24(22(28)23-16)12-15-19(25)14-8-4-6-10-18(14)30-21(15)27/h3-12H,2H2,1H3,(H,23,28)/b15-12+,16-11-. The molecule has 30 heavy (non-hydrogen) atoms. The third-order valence-electron chi connectivity index (χ3n) is 4.49. The SMILES string of the molecule is CCOc1ccccc1/C=C1\NC(=O)N(/C=C2/C(=O)Oc3ccccc3C2=O)C1=O. The summed E-state index contributed by atoms with van der Waals surface area (Å²) in [6.07, 6.45) is 2.38. The van der Waals surface area contributed by atoms with E-state index in [0.717, 1.165) is 6.20 Å². The number of ketones is 1. The number of imide groups is 1. The Kier molecular flexibility index (Phi) is 4.89. The van der Waals surface area contributed by atoms with Gasteiger partial charge >= 0.3 is 12.0 Å². The van der Waals surface area contributed by atoms with Crippen molar-refractivity contribution in [1.29, 1.82) is 0 Å². The fraction of sp³-hybridized carbons (Fsp3) is 0.0909. The maximum Gasteiger partial charge on any atom is 0.349 e. The van der Waals surface area contributed by atoms with Crippen LogP contribution in [-0.4, -0.2) is 35.2 Å². The molecule has 0 spiro atoms. The smallest absolute Gasteiger partial charge is 0.349 e. The number of hydrogen-bond acceptors (Lipinski definition) is 6. The molecular weight excluding hydrogens is 388 g/mol. The van der Waals surface area contributed by atoms with Crippen molar-refractivity contribution in [2.45, 2.75) is 6.92 Å². The number of Topliss-reactive ketones (excluding diaryl/α,β-unsaturated/α-hetero) is 1. The quantitative estimate of drug-likeness (QED) is 0.276. The molecule has 3 amide bonds. The Hall–Kier alpha value is -4.20. The van der Waals surface area contributed by atoms with Crippen LogP contribution < -0.4 is 14.8 Å². The molecule has 1 saturated heterocycles. The van der Waals surface area contributed by atoms with E-state index in [1.165, 1.54) is 18.2 Å². The zero-order valence-electron chi connectivity index (χ0n) is 15.9. The molecule has 0 unspecified atom stereocenters. The van der Waals surface area contributed by atoms with Gasteiger partial charge in [-0.2, -0.15) is 0 Å². The summed E-state index contributed by atoms with van der Waals surface area (Å²) in [4.78, 5) is 50.7. The van der Waals surface area contributed by atoms with Crippen LogP contribution in [-0.2, 0) is 9.59 Å². The van der Waals surface area contributed by atoms with Gasteiger partial charge in [0.2, 0.25) is 5.78 Å². The van der Waals surface area contributed by atoms with Crippen LogP contribution in [0.4, 0.5) is 4.79 Å². The monoisotopic (exact) mass is 404 g/mol. The van der Waals surface area contributed by atoms with Gasteiger partial charge in [0.1, 0.15) is 22.8 Å². The first kappa shape index (κ1) is 19.1. The van der Waals surface area contributed by atoms with Crippen molar-refractivity contribution < 1.29 is 28.7 Å². The summed E-state index contributed by atoms with van der Waals surface area (Å²) in [5, 5.41) is 2.44. The molecule has 0 aromatic heterocycles. The molecule has 0 radical (unpaired) electrons. The molecule has 0 bridgehead atoms. The Labute approximate surface area is 171 Å². The summed E-state index contributed by atoms with van der Waals surface area (Å²) in [5.41, 5.74) is 0.352. The molecule has 2 heterocycles. The van der Waals surface area contributed by atoms with Gasteiger partial charge in [-0.15, -0.1) is 0 Å². The second-order valence-corrected chi connectivity index (χ2v) is 6.39. The number of carbonyl (C=O) groups is 4. The maximum atomic E-state index is 12.7. The van der Waals surface area contributed by atoms with Gasteiger partial charge in [-0.25, -0.2) is 14.5 Å². The second-order valence-electron chi connectivity index (χ2n) is 6.39. The van der Waals surface area contributed by atoms with Crippen molar-refractivity contribution in [3.63, 3.8) is 0 Å². The summed E-state index contributed by atoms with van der Waals surface area (Å²) in [6.45, 7) is 2.27.